The second-order valence-electron chi connectivity index (χ2n) is 5.29. The highest BCUT2D eigenvalue weighted by Gasteiger charge is 2.23. The van der Waals surface area contributed by atoms with Crippen LogP contribution in [-0.2, 0) is 4.43 Å². The van der Waals surface area contributed by atoms with E-state index in [9.17, 15) is 5.26 Å². The summed E-state index contributed by atoms with van der Waals surface area (Å²) >= 11 is 0. The van der Waals surface area contributed by atoms with Crippen molar-refractivity contribution in [2.24, 2.45) is 0 Å². The fourth-order valence-electron chi connectivity index (χ4n) is 1.72. The Bertz CT molecular complexity index is 581. The van der Waals surface area contributed by atoms with Crippen LogP contribution in [0.5, 0.6) is 0 Å². The van der Waals surface area contributed by atoms with Gasteiger partial charge in [-0.15, -0.1) is 0 Å². The Morgan fingerprint density at radius 2 is 1.95 bits per heavy atom. The molecule has 1 atom stereocenters. The van der Waals surface area contributed by atoms with E-state index >= 15 is 0 Å². The van der Waals surface area contributed by atoms with E-state index in [1.165, 1.54) is 0 Å². The molecule has 0 aliphatic carbocycles. The van der Waals surface area contributed by atoms with Crippen LogP contribution in [0.2, 0.25) is 19.6 Å². The van der Waals surface area contributed by atoms with Crippen LogP contribution < -0.4 is 0 Å². The summed E-state index contributed by atoms with van der Waals surface area (Å²) in [4.78, 5) is 0. The minimum absolute atomic E-state index is 0.538. The van der Waals surface area contributed by atoms with Crippen molar-refractivity contribution in [3.63, 3.8) is 0 Å². The first-order chi connectivity index (χ1) is 8.99. The Labute approximate surface area is 114 Å². The average Bonchev–Trinajstić information content (AvgIpc) is 2.85. The van der Waals surface area contributed by atoms with Crippen molar-refractivity contribution in [1.29, 1.82) is 5.26 Å². The summed E-state index contributed by atoms with van der Waals surface area (Å²) < 4.78 is 7.60. The van der Waals surface area contributed by atoms with Crippen molar-refractivity contribution < 1.29 is 4.43 Å². The van der Waals surface area contributed by atoms with E-state index in [0.717, 1.165) is 11.3 Å². The molecule has 1 aromatic heterocycles. The molecule has 0 aliphatic heterocycles. The Morgan fingerprint density at radius 1 is 1.26 bits per heavy atom. The Balaban J connectivity index is 2.23. The number of aromatic nitrogens is 2. The summed E-state index contributed by atoms with van der Waals surface area (Å²) in [6, 6.07) is 12.0. The first-order valence-electron chi connectivity index (χ1n) is 6.17. The lowest BCUT2D eigenvalue weighted by Gasteiger charge is -2.20. The van der Waals surface area contributed by atoms with Crippen molar-refractivity contribution in [2.75, 3.05) is 0 Å². The van der Waals surface area contributed by atoms with Gasteiger partial charge in [-0.05, 0) is 31.8 Å². The molecule has 0 aliphatic rings. The SMILES string of the molecule is C[Si](C)(C)OC(C#N)c1cnn(-c2ccccc2)c1. The molecule has 19 heavy (non-hydrogen) atoms. The average molecular weight is 271 g/mol. The quantitative estimate of drug-likeness (QED) is 0.802. The van der Waals surface area contributed by atoms with Crippen molar-refractivity contribution >= 4 is 8.32 Å². The zero-order chi connectivity index (χ0) is 13.9. The fraction of sp³-hybridized carbons (Fsp3) is 0.286. The van der Waals surface area contributed by atoms with Crippen LogP contribution in [0.1, 0.15) is 11.7 Å². The molecular weight excluding hydrogens is 254 g/mol. The van der Waals surface area contributed by atoms with Crippen LogP contribution in [-0.4, -0.2) is 18.1 Å². The lowest BCUT2D eigenvalue weighted by atomic mass is 10.2. The molecule has 1 heterocycles. The first kappa shape index (κ1) is 13.5. The molecule has 98 valence electrons. The standard InChI is InChI=1S/C14H17N3OSi/c1-19(2,3)18-14(9-15)12-10-16-17(11-12)13-7-5-4-6-8-13/h4-8,10-11,14H,1-3H3. The zero-order valence-corrected chi connectivity index (χ0v) is 12.4. The van der Waals surface area contributed by atoms with Gasteiger partial charge in [0, 0.05) is 11.8 Å². The molecule has 0 radical (unpaired) electrons. The minimum Gasteiger partial charge on any atom is -0.399 e. The molecule has 0 N–H and O–H groups in total. The molecule has 5 heteroatoms. The summed E-state index contributed by atoms with van der Waals surface area (Å²) in [5, 5.41) is 13.5. The Hall–Kier alpha value is -1.90. The number of hydrogen-bond donors (Lipinski definition) is 0. The predicted molar refractivity (Wildman–Crippen MR) is 76.3 cm³/mol. The Morgan fingerprint density at radius 3 is 2.53 bits per heavy atom. The molecule has 0 fully saturated rings. The summed E-state index contributed by atoms with van der Waals surface area (Å²) in [6.45, 7) is 6.21. The van der Waals surface area contributed by atoms with Gasteiger partial charge < -0.3 is 4.43 Å². The first-order valence-corrected chi connectivity index (χ1v) is 9.58. The normalized spacial score (nSPS) is 12.9. The van der Waals surface area contributed by atoms with Crippen LogP contribution in [0.4, 0.5) is 0 Å². The third kappa shape index (κ3) is 3.53. The highest BCUT2D eigenvalue weighted by molar-refractivity contribution is 6.69. The number of para-hydroxylation sites is 1. The number of rotatable bonds is 4. The maximum absolute atomic E-state index is 9.23. The monoisotopic (exact) mass is 271 g/mol. The maximum Gasteiger partial charge on any atom is 0.186 e. The largest absolute Gasteiger partial charge is 0.399 e. The van der Waals surface area contributed by atoms with Gasteiger partial charge in [0.1, 0.15) is 0 Å². The van der Waals surface area contributed by atoms with Gasteiger partial charge in [0.05, 0.1) is 18.0 Å². The van der Waals surface area contributed by atoms with Gasteiger partial charge in [0.25, 0.3) is 0 Å². The molecule has 4 nitrogen and oxygen atoms in total. The van der Waals surface area contributed by atoms with E-state index in [1.807, 2.05) is 36.5 Å². The molecule has 0 spiro atoms. The second-order valence-corrected chi connectivity index (χ2v) is 9.75. The Kier molecular flexibility index (Phi) is 3.84. The smallest absolute Gasteiger partial charge is 0.186 e. The molecule has 0 amide bonds. The minimum atomic E-state index is -1.75. The lowest BCUT2D eigenvalue weighted by Crippen LogP contribution is -2.27. The highest BCUT2D eigenvalue weighted by Crippen LogP contribution is 2.22. The zero-order valence-electron chi connectivity index (χ0n) is 11.4. The third-order valence-corrected chi connectivity index (χ3v) is 3.46. The van der Waals surface area contributed by atoms with Crippen molar-refractivity contribution in [1.82, 2.24) is 9.78 Å². The third-order valence-electron chi connectivity index (χ3n) is 2.51. The van der Waals surface area contributed by atoms with Gasteiger partial charge in [-0.2, -0.15) is 10.4 Å². The molecule has 0 bridgehead atoms. The van der Waals surface area contributed by atoms with E-state index in [0.29, 0.717) is 0 Å². The van der Waals surface area contributed by atoms with Gasteiger partial charge in [-0.3, -0.25) is 0 Å². The molecule has 1 aromatic carbocycles. The molecular formula is C14H17N3OSi. The van der Waals surface area contributed by atoms with Gasteiger partial charge in [0.15, 0.2) is 14.4 Å². The second kappa shape index (κ2) is 5.39. The van der Waals surface area contributed by atoms with Crippen molar-refractivity contribution in [3.05, 3.63) is 48.3 Å². The molecule has 0 saturated heterocycles. The molecule has 1 unspecified atom stereocenters. The fourth-order valence-corrected chi connectivity index (χ4v) is 2.61. The van der Waals surface area contributed by atoms with Crippen LogP contribution in [0.3, 0.4) is 0 Å². The van der Waals surface area contributed by atoms with Gasteiger partial charge in [-0.1, -0.05) is 18.2 Å². The van der Waals surface area contributed by atoms with E-state index in [-0.39, 0.29) is 0 Å². The number of benzene rings is 1. The number of nitrogens with zero attached hydrogens (tertiary/aromatic N) is 3. The topological polar surface area (TPSA) is 50.8 Å². The highest BCUT2D eigenvalue weighted by atomic mass is 28.4. The maximum atomic E-state index is 9.23. The summed E-state index contributed by atoms with van der Waals surface area (Å²) in [6.07, 6.45) is 3.01. The van der Waals surface area contributed by atoms with Gasteiger partial charge in [0.2, 0.25) is 0 Å². The van der Waals surface area contributed by atoms with Crippen molar-refractivity contribution in [2.45, 2.75) is 25.7 Å². The summed E-state index contributed by atoms with van der Waals surface area (Å²) in [7, 11) is -1.75. The molecule has 2 rings (SSSR count). The van der Waals surface area contributed by atoms with Gasteiger partial charge >= 0.3 is 0 Å². The molecule has 2 aromatic rings. The van der Waals surface area contributed by atoms with Crippen molar-refractivity contribution in [3.8, 4) is 11.8 Å². The van der Waals surface area contributed by atoms with Crippen LogP contribution >= 0.6 is 0 Å². The van der Waals surface area contributed by atoms with E-state index < -0.39 is 14.4 Å². The van der Waals surface area contributed by atoms with E-state index in [4.69, 9.17) is 4.43 Å². The summed E-state index contributed by atoms with van der Waals surface area (Å²) in [5.41, 5.74) is 1.77. The predicted octanol–water partition coefficient (Wildman–Crippen LogP) is 3.29. The summed E-state index contributed by atoms with van der Waals surface area (Å²) in [5.74, 6) is 0. The van der Waals surface area contributed by atoms with E-state index in [2.05, 4.69) is 30.8 Å². The molecule has 0 saturated carbocycles. The number of nitriles is 1. The van der Waals surface area contributed by atoms with Crippen LogP contribution in [0.25, 0.3) is 5.69 Å². The van der Waals surface area contributed by atoms with Gasteiger partial charge in [-0.25, -0.2) is 4.68 Å². The number of hydrogen-bond acceptors (Lipinski definition) is 3. The van der Waals surface area contributed by atoms with E-state index in [1.54, 1.807) is 10.9 Å². The van der Waals surface area contributed by atoms with Crippen LogP contribution in [0.15, 0.2) is 42.7 Å². The van der Waals surface area contributed by atoms with Crippen LogP contribution in [0, 0.1) is 11.3 Å². The lowest BCUT2D eigenvalue weighted by molar-refractivity contribution is 0.255.